The summed E-state index contributed by atoms with van der Waals surface area (Å²) in [6, 6.07) is 6.96. The molecular weight excluding hydrogens is 523 g/mol. The van der Waals surface area contributed by atoms with Gasteiger partial charge in [-0.05, 0) is 42.0 Å². The lowest BCUT2D eigenvalue weighted by Gasteiger charge is -2.40. The molecule has 0 aliphatic carbocycles. The number of carbonyl (C=O) groups excluding carboxylic acids is 1. The first-order chi connectivity index (χ1) is 17.4. The van der Waals surface area contributed by atoms with Crippen LogP contribution in [0.15, 0.2) is 36.4 Å². The zero-order chi connectivity index (χ0) is 27.5. The van der Waals surface area contributed by atoms with Gasteiger partial charge in [0, 0.05) is 29.1 Å². The van der Waals surface area contributed by atoms with E-state index in [2.05, 4.69) is 10.6 Å². The summed E-state index contributed by atoms with van der Waals surface area (Å²) in [5.74, 6) is -2.92. The van der Waals surface area contributed by atoms with Crippen molar-refractivity contribution in [3.8, 4) is 0 Å². The molecule has 1 heterocycles. The minimum atomic E-state index is -1.56. The number of amides is 1. The quantitative estimate of drug-likeness (QED) is 0.300. The highest BCUT2D eigenvalue weighted by atomic mass is 35.5. The normalized spacial score (nSPS) is 24.8. The molecule has 0 radical (unpaired) electrons. The van der Waals surface area contributed by atoms with Crippen molar-refractivity contribution in [2.24, 2.45) is 11.1 Å². The van der Waals surface area contributed by atoms with Crippen LogP contribution < -0.4 is 16.4 Å². The minimum Gasteiger partial charge on any atom is -0.394 e. The molecule has 1 amide bonds. The predicted octanol–water partition coefficient (Wildman–Crippen LogP) is 4.24. The number of nitrogens with two attached hydrogens (primary N) is 1. The Balaban J connectivity index is 2.18. The first-order valence-corrected chi connectivity index (χ1v) is 13.1. The predicted molar refractivity (Wildman–Crippen MR) is 142 cm³/mol. The average molecular weight is 558 g/mol. The molecule has 1 fully saturated rings. The lowest BCUT2D eigenvalue weighted by atomic mass is 9.67. The molecule has 1 aliphatic heterocycles. The van der Waals surface area contributed by atoms with Gasteiger partial charge in [-0.1, -0.05) is 68.6 Å². The smallest absolute Gasteiger partial charge is 0.237 e. The number of benzene rings is 2. The summed E-state index contributed by atoms with van der Waals surface area (Å²) in [5.41, 5.74) is 5.55. The van der Waals surface area contributed by atoms with Crippen molar-refractivity contribution < 1.29 is 23.8 Å². The third-order valence-corrected chi connectivity index (χ3v) is 8.03. The second kappa shape index (κ2) is 11.9. The molecule has 6 N–H and O–H groups in total. The SMILES string of the molecule is CCC(C)(C)CC1NC(C(=O)NCCC(O)CO)C(c2cccc(Cl)c2F)C1(N)c1ccc(Cl)cc1F. The van der Waals surface area contributed by atoms with Crippen LogP contribution in [0.5, 0.6) is 0 Å². The van der Waals surface area contributed by atoms with Crippen LogP contribution in [-0.4, -0.2) is 47.5 Å². The fraction of sp³-hybridized carbons (Fsp3) is 0.519. The van der Waals surface area contributed by atoms with Crippen molar-refractivity contribution >= 4 is 29.1 Å². The van der Waals surface area contributed by atoms with E-state index in [0.29, 0.717) is 6.42 Å². The van der Waals surface area contributed by atoms with Crippen LogP contribution >= 0.6 is 23.2 Å². The molecule has 6 nitrogen and oxygen atoms in total. The summed E-state index contributed by atoms with van der Waals surface area (Å²) >= 11 is 12.2. The molecule has 0 spiro atoms. The number of aliphatic hydroxyl groups is 2. The lowest BCUT2D eigenvalue weighted by molar-refractivity contribution is -0.123. The summed E-state index contributed by atoms with van der Waals surface area (Å²) in [6.45, 7) is 5.75. The Kier molecular flexibility index (Phi) is 9.59. The van der Waals surface area contributed by atoms with Gasteiger partial charge in [0.2, 0.25) is 5.91 Å². The van der Waals surface area contributed by atoms with Crippen LogP contribution in [-0.2, 0) is 10.3 Å². The van der Waals surface area contributed by atoms with Gasteiger partial charge in [-0.15, -0.1) is 0 Å². The molecule has 2 aromatic carbocycles. The van der Waals surface area contributed by atoms with E-state index in [0.717, 1.165) is 12.5 Å². The van der Waals surface area contributed by atoms with E-state index in [1.54, 1.807) is 6.07 Å². The highest BCUT2D eigenvalue weighted by Gasteiger charge is 2.58. The third-order valence-electron chi connectivity index (χ3n) is 7.50. The Hall–Kier alpha value is -1.81. The molecule has 2 aromatic rings. The van der Waals surface area contributed by atoms with Crippen LogP contribution in [0.1, 0.15) is 57.1 Å². The Bertz CT molecular complexity index is 1120. The van der Waals surface area contributed by atoms with Gasteiger partial charge in [-0.3, -0.25) is 4.79 Å². The van der Waals surface area contributed by atoms with E-state index in [1.165, 1.54) is 24.3 Å². The maximum absolute atomic E-state index is 15.5. The van der Waals surface area contributed by atoms with E-state index >= 15 is 8.78 Å². The van der Waals surface area contributed by atoms with Gasteiger partial charge >= 0.3 is 0 Å². The van der Waals surface area contributed by atoms with E-state index in [9.17, 15) is 9.90 Å². The lowest BCUT2D eigenvalue weighted by Crippen LogP contribution is -2.52. The second-order valence-corrected chi connectivity index (χ2v) is 11.4. The maximum atomic E-state index is 15.5. The highest BCUT2D eigenvalue weighted by Crippen LogP contribution is 2.50. The van der Waals surface area contributed by atoms with Crippen molar-refractivity contribution in [1.29, 1.82) is 0 Å². The number of rotatable bonds is 10. The van der Waals surface area contributed by atoms with E-state index in [4.69, 9.17) is 34.0 Å². The summed E-state index contributed by atoms with van der Waals surface area (Å²) in [5, 5.41) is 24.8. The van der Waals surface area contributed by atoms with Gasteiger partial charge in [0.15, 0.2) is 0 Å². The standard InChI is InChI=1S/C27H35Cl2F2N3O3/c1-4-26(2,3)13-21-27(32,18-9-8-15(28)12-20(18)30)22(17-6-5-7-19(29)23(17)31)24(34-21)25(37)33-11-10-16(36)14-35/h5-9,12,16,21-22,24,34-36H,4,10-11,13-14,32H2,1-3H3,(H,33,37). The number of carbonyl (C=O) groups is 1. The van der Waals surface area contributed by atoms with Crippen LogP contribution in [0, 0.1) is 17.0 Å². The van der Waals surface area contributed by atoms with Crippen molar-refractivity contribution in [3.05, 3.63) is 69.2 Å². The van der Waals surface area contributed by atoms with Crippen molar-refractivity contribution in [2.75, 3.05) is 13.2 Å². The summed E-state index contributed by atoms with van der Waals surface area (Å²) in [7, 11) is 0. The first kappa shape index (κ1) is 29.7. The number of hydrogen-bond acceptors (Lipinski definition) is 5. The zero-order valence-electron chi connectivity index (χ0n) is 21.2. The van der Waals surface area contributed by atoms with Crippen molar-refractivity contribution in [3.63, 3.8) is 0 Å². The molecule has 1 saturated heterocycles. The van der Waals surface area contributed by atoms with E-state index in [-0.39, 0.29) is 39.6 Å². The Morgan fingerprint density at radius 1 is 1.27 bits per heavy atom. The molecule has 0 saturated carbocycles. The zero-order valence-corrected chi connectivity index (χ0v) is 22.7. The number of nitrogens with one attached hydrogen (secondary N) is 2. The minimum absolute atomic E-state index is 0.0709. The number of hydrogen-bond donors (Lipinski definition) is 5. The summed E-state index contributed by atoms with van der Waals surface area (Å²) in [6.07, 6.45) is 0.384. The molecule has 10 heteroatoms. The first-order valence-electron chi connectivity index (χ1n) is 12.4. The molecule has 37 heavy (non-hydrogen) atoms. The molecule has 0 aromatic heterocycles. The fourth-order valence-corrected chi connectivity index (χ4v) is 5.39. The Labute approximate surface area is 226 Å². The van der Waals surface area contributed by atoms with E-state index < -0.39 is 53.8 Å². The molecular formula is C27H35Cl2F2N3O3. The van der Waals surface area contributed by atoms with E-state index in [1.807, 2.05) is 20.8 Å². The molecule has 1 aliphatic rings. The fourth-order valence-electron chi connectivity index (χ4n) is 5.05. The molecule has 204 valence electrons. The van der Waals surface area contributed by atoms with Gasteiger partial charge in [0.05, 0.1) is 29.3 Å². The number of aliphatic hydroxyl groups excluding tert-OH is 2. The average Bonchev–Trinajstić information content (AvgIpc) is 3.12. The molecule has 5 atom stereocenters. The van der Waals surface area contributed by atoms with Gasteiger partial charge in [-0.2, -0.15) is 0 Å². The summed E-state index contributed by atoms with van der Waals surface area (Å²) in [4.78, 5) is 13.5. The van der Waals surface area contributed by atoms with Crippen LogP contribution in [0.2, 0.25) is 10.0 Å². The van der Waals surface area contributed by atoms with Gasteiger partial charge in [0.1, 0.15) is 11.6 Å². The summed E-state index contributed by atoms with van der Waals surface area (Å²) < 4.78 is 31.0. The second-order valence-electron chi connectivity index (χ2n) is 10.5. The Morgan fingerprint density at radius 2 is 1.97 bits per heavy atom. The van der Waals surface area contributed by atoms with Crippen LogP contribution in [0.4, 0.5) is 8.78 Å². The van der Waals surface area contributed by atoms with Crippen LogP contribution in [0.25, 0.3) is 0 Å². The Morgan fingerprint density at radius 3 is 2.59 bits per heavy atom. The maximum Gasteiger partial charge on any atom is 0.237 e. The molecule has 5 unspecified atom stereocenters. The van der Waals surface area contributed by atoms with Gasteiger partial charge < -0.3 is 26.6 Å². The molecule has 3 rings (SSSR count). The topological polar surface area (TPSA) is 108 Å². The number of halogens is 4. The van der Waals surface area contributed by atoms with Gasteiger partial charge in [-0.25, -0.2) is 8.78 Å². The van der Waals surface area contributed by atoms with Crippen molar-refractivity contribution in [2.45, 2.75) is 69.7 Å². The van der Waals surface area contributed by atoms with Crippen molar-refractivity contribution in [1.82, 2.24) is 10.6 Å². The molecule has 0 bridgehead atoms. The van der Waals surface area contributed by atoms with Gasteiger partial charge in [0.25, 0.3) is 0 Å². The monoisotopic (exact) mass is 557 g/mol. The third kappa shape index (κ3) is 6.27. The van der Waals surface area contributed by atoms with Crippen LogP contribution in [0.3, 0.4) is 0 Å². The highest BCUT2D eigenvalue weighted by molar-refractivity contribution is 6.31. The largest absolute Gasteiger partial charge is 0.394 e.